The highest BCUT2D eigenvalue weighted by atomic mass is 79.9. The van der Waals surface area contributed by atoms with Crippen LogP contribution in [-0.2, 0) is 0 Å². The third-order valence-electron chi connectivity index (χ3n) is 3.49. The van der Waals surface area contributed by atoms with Crippen LogP contribution in [0.15, 0.2) is 36.4 Å². The number of rotatable bonds is 3. The molecule has 2 heteroatoms. The fourth-order valence-electron chi connectivity index (χ4n) is 2.92. The Bertz CT molecular complexity index is 525. The third kappa shape index (κ3) is 4.66. The predicted molar refractivity (Wildman–Crippen MR) is 103 cm³/mol. The average Bonchev–Trinajstić information content (AvgIpc) is 2.25. The van der Waals surface area contributed by atoms with Gasteiger partial charge in [-0.05, 0) is 51.9 Å². The fraction of sp³-hybridized carbons (Fsp3) is 0.368. The number of hydrogen-bond donors (Lipinski definition) is 0. The molecule has 2 aromatic rings. The van der Waals surface area contributed by atoms with Crippen LogP contribution >= 0.6 is 24.9 Å². The van der Waals surface area contributed by atoms with Gasteiger partial charge in [-0.25, -0.2) is 0 Å². The topological polar surface area (TPSA) is 0 Å². The summed E-state index contributed by atoms with van der Waals surface area (Å²) < 4.78 is 0. The van der Waals surface area contributed by atoms with Crippen molar-refractivity contribution in [3.05, 3.63) is 58.7 Å². The lowest BCUT2D eigenvalue weighted by atomic mass is 10.2. The molecule has 2 aromatic carbocycles. The van der Waals surface area contributed by atoms with Gasteiger partial charge in [0.1, 0.15) is 0 Å². The lowest BCUT2D eigenvalue weighted by Crippen LogP contribution is -2.19. The molecule has 0 aliphatic carbocycles. The second-order valence-electron chi connectivity index (χ2n) is 6.16. The van der Waals surface area contributed by atoms with Gasteiger partial charge < -0.3 is 0 Å². The van der Waals surface area contributed by atoms with Crippen LogP contribution in [0, 0.1) is 27.7 Å². The van der Waals surface area contributed by atoms with Gasteiger partial charge in [-0.1, -0.05) is 72.5 Å². The molecule has 0 heterocycles. The Morgan fingerprint density at radius 2 is 0.905 bits per heavy atom. The van der Waals surface area contributed by atoms with Crippen LogP contribution in [0.4, 0.5) is 0 Å². The highest BCUT2D eigenvalue weighted by Gasteiger charge is 2.18. The molecule has 21 heavy (non-hydrogen) atoms. The molecule has 0 fully saturated rings. The normalized spacial score (nSPS) is 10.9. The van der Waals surface area contributed by atoms with Crippen molar-refractivity contribution in [1.82, 2.24) is 0 Å². The summed E-state index contributed by atoms with van der Waals surface area (Å²) >= 11 is 0. The first-order chi connectivity index (χ1) is 9.36. The van der Waals surface area contributed by atoms with E-state index in [1.807, 2.05) is 0 Å². The van der Waals surface area contributed by atoms with Crippen LogP contribution in [0.5, 0.6) is 0 Å². The third-order valence-corrected chi connectivity index (χ3v) is 6.15. The first-order valence-electron chi connectivity index (χ1n) is 7.32. The van der Waals surface area contributed by atoms with E-state index in [1.165, 1.54) is 32.9 Å². The van der Waals surface area contributed by atoms with Gasteiger partial charge in [-0.3, -0.25) is 0 Å². The second-order valence-corrected chi connectivity index (χ2v) is 8.96. The van der Waals surface area contributed by atoms with Crippen molar-refractivity contribution in [2.75, 3.05) is 0 Å². The maximum absolute atomic E-state index is 2.37. The van der Waals surface area contributed by atoms with Gasteiger partial charge in [0, 0.05) is 0 Å². The quantitative estimate of drug-likeness (QED) is 0.644. The van der Waals surface area contributed by atoms with Gasteiger partial charge in [0.25, 0.3) is 0 Å². The largest absolute Gasteiger partial charge is 0.114 e. The summed E-state index contributed by atoms with van der Waals surface area (Å²) in [6, 6.07) is 14.0. The van der Waals surface area contributed by atoms with Crippen molar-refractivity contribution >= 4 is 35.5 Å². The van der Waals surface area contributed by atoms with Crippen molar-refractivity contribution in [3.63, 3.8) is 0 Å². The standard InChI is InChI=1S/C19H25P.BrH/c1-13(2)20(18-9-14(3)7-15(4)10-18)19-11-16(5)8-17(6)12-19;/h7-13H,1-6H3;1H. The van der Waals surface area contributed by atoms with Gasteiger partial charge in [0.15, 0.2) is 0 Å². The summed E-state index contributed by atoms with van der Waals surface area (Å²) in [7, 11) is -0.275. The fourth-order valence-corrected chi connectivity index (χ4v) is 5.79. The molecule has 2 rings (SSSR count). The van der Waals surface area contributed by atoms with Gasteiger partial charge in [-0.2, -0.15) is 0 Å². The Kier molecular flexibility index (Phi) is 6.63. The molecule has 0 radical (unpaired) electrons. The Morgan fingerprint density at radius 3 is 1.14 bits per heavy atom. The monoisotopic (exact) mass is 364 g/mol. The van der Waals surface area contributed by atoms with Crippen LogP contribution in [0.3, 0.4) is 0 Å². The summed E-state index contributed by atoms with van der Waals surface area (Å²) in [5.74, 6) is 0. The zero-order valence-electron chi connectivity index (χ0n) is 13.9. The first kappa shape index (κ1) is 18.4. The van der Waals surface area contributed by atoms with E-state index in [0.29, 0.717) is 5.66 Å². The highest BCUT2D eigenvalue weighted by molar-refractivity contribution is 8.93. The van der Waals surface area contributed by atoms with Crippen molar-refractivity contribution in [1.29, 1.82) is 0 Å². The minimum atomic E-state index is -0.275. The molecule has 0 aromatic heterocycles. The van der Waals surface area contributed by atoms with Crippen LogP contribution in [0.1, 0.15) is 36.1 Å². The molecule has 0 unspecified atom stereocenters. The smallest absolute Gasteiger partial charge is 0.0186 e. The Hall–Kier alpha value is -0.650. The zero-order chi connectivity index (χ0) is 14.9. The predicted octanol–water partition coefficient (Wildman–Crippen LogP) is 5.34. The minimum absolute atomic E-state index is 0. The van der Waals surface area contributed by atoms with E-state index in [1.54, 1.807) is 0 Å². The number of aryl methyl sites for hydroxylation is 4. The average molecular weight is 365 g/mol. The van der Waals surface area contributed by atoms with Crippen LogP contribution in [0.2, 0.25) is 0 Å². The Labute approximate surface area is 141 Å². The maximum atomic E-state index is 2.37. The molecule has 0 spiro atoms. The molecule has 0 N–H and O–H groups in total. The molecule has 0 saturated heterocycles. The number of benzene rings is 2. The van der Waals surface area contributed by atoms with E-state index in [4.69, 9.17) is 0 Å². The second kappa shape index (κ2) is 7.56. The van der Waals surface area contributed by atoms with Crippen molar-refractivity contribution in [2.24, 2.45) is 0 Å². The van der Waals surface area contributed by atoms with Gasteiger partial charge >= 0.3 is 0 Å². The lowest BCUT2D eigenvalue weighted by molar-refractivity contribution is 1.10. The molecular formula is C19H26BrP. The number of hydrogen-bond acceptors (Lipinski definition) is 0. The number of halogens is 1. The van der Waals surface area contributed by atoms with E-state index >= 15 is 0 Å². The summed E-state index contributed by atoms with van der Waals surface area (Å²) in [5.41, 5.74) is 6.15. The molecular weight excluding hydrogens is 339 g/mol. The molecule has 114 valence electrons. The molecule has 0 aliphatic rings. The van der Waals surface area contributed by atoms with Crippen LogP contribution in [-0.4, -0.2) is 5.66 Å². The van der Waals surface area contributed by atoms with E-state index in [0.717, 1.165) is 0 Å². The SMILES string of the molecule is Br.Cc1cc(C)cc(P(c2cc(C)cc(C)c2)C(C)C)c1. The summed E-state index contributed by atoms with van der Waals surface area (Å²) in [6.45, 7) is 13.5. The van der Waals surface area contributed by atoms with Crippen molar-refractivity contribution in [3.8, 4) is 0 Å². The summed E-state index contributed by atoms with van der Waals surface area (Å²) in [6.07, 6.45) is 0. The molecule has 0 nitrogen and oxygen atoms in total. The van der Waals surface area contributed by atoms with E-state index < -0.39 is 0 Å². The molecule has 0 aliphatic heterocycles. The summed E-state index contributed by atoms with van der Waals surface area (Å²) in [5, 5.41) is 3.02. The molecule has 0 atom stereocenters. The Balaban J connectivity index is 0.00000220. The summed E-state index contributed by atoms with van der Waals surface area (Å²) in [4.78, 5) is 0. The van der Waals surface area contributed by atoms with E-state index in [9.17, 15) is 0 Å². The first-order valence-corrected chi connectivity index (χ1v) is 8.74. The van der Waals surface area contributed by atoms with Gasteiger partial charge in [0.05, 0.1) is 0 Å². The Morgan fingerprint density at radius 1 is 0.619 bits per heavy atom. The van der Waals surface area contributed by atoms with Crippen LogP contribution < -0.4 is 10.6 Å². The van der Waals surface area contributed by atoms with Gasteiger partial charge in [0.2, 0.25) is 0 Å². The molecule has 0 amide bonds. The van der Waals surface area contributed by atoms with Crippen molar-refractivity contribution in [2.45, 2.75) is 47.2 Å². The van der Waals surface area contributed by atoms with E-state index in [2.05, 4.69) is 77.9 Å². The van der Waals surface area contributed by atoms with Crippen molar-refractivity contribution < 1.29 is 0 Å². The molecule has 0 saturated carbocycles. The maximum Gasteiger partial charge on any atom is -0.0186 e. The lowest BCUT2D eigenvalue weighted by Gasteiger charge is -2.24. The molecule has 0 bridgehead atoms. The minimum Gasteiger partial charge on any atom is -0.114 e. The van der Waals surface area contributed by atoms with E-state index in [-0.39, 0.29) is 24.9 Å². The zero-order valence-corrected chi connectivity index (χ0v) is 16.5. The van der Waals surface area contributed by atoms with Crippen LogP contribution in [0.25, 0.3) is 0 Å². The highest BCUT2D eigenvalue weighted by Crippen LogP contribution is 2.39. The van der Waals surface area contributed by atoms with Gasteiger partial charge in [-0.15, -0.1) is 17.0 Å².